The lowest BCUT2D eigenvalue weighted by atomic mass is 10.1. The number of hydrogen-bond donors (Lipinski definition) is 4. The minimum Gasteiger partial charge on any atom is -0.392 e. The van der Waals surface area contributed by atoms with Gasteiger partial charge in [0.1, 0.15) is 30.0 Å². The van der Waals surface area contributed by atoms with Gasteiger partial charge >= 0.3 is 0 Å². The number of aromatic nitrogens is 3. The van der Waals surface area contributed by atoms with Crippen molar-refractivity contribution in [1.29, 1.82) is 0 Å². The molecular weight excluding hydrogens is 375 g/mol. The summed E-state index contributed by atoms with van der Waals surface area (Å²) >= 11 is 2.12. The van der Waals surface area contributed by atoms with Gasteiger partial charge in [0.25, 0.3) is 0 Å². The summed E-state index contributed by atoms with van der Waals surface area (Å²) in [5.41, 5.74) is 6.84. The molecule has 1 aliphatic rings. The first kappa shape index (κ1) is 13.7. The maximum atomic E-state index is 10.1. The number of rotatable bonds is 2. The first-order valence-electron chi connectivity index (χ1n) is 5.98. The minimum absolute atomic E-state index is 0.290. The van der Waals surface area contributed by atoms with Gasteiger partial charge < -0.3 is 25.6 Å². The van der Waals surface area contributed by atoms with Crippen LogP contribution >= 0.6 is 22.6 Å². The Morgan fingerprint density at radius 1 is 1.35 bits per heavy atom. The molecule has 0 bridgehead atoms. The Balaban J connectivity index is 2.17. The van der Waals surface area contributed by atoms with Gasteiger partial charge in [-0.2, -0.15) is 0 Å². The second-order valence-electron chi connectivity index (χ2n) is 4.67. The molecule has 7 nitrogen and oxygen atoms in total. The van der Waals surface area contributed by atoms with Gasteiger partial charge in [-0.25, -0.2) is 9.97 Å². The molecule has 1 unspecified atom stereocenters. The normalized spacial score (nSPS) is 26.2. The molecule has 2 heterocycles. The Morgan fingerprint density at radius 2 is 2.10 bits per heavy atom. The fourth-order valence-electron chi connectivity index (χ4n) is 2.50. The number of halogens is 1. The smallest absolute Gasteiger partial charge is 0.147 e. The van der Waals surface area contributed by atoms with E-state index in [1.54, 1.807) is 16.8 Å². The highest BCUT2D eigenvalue weighted by Crippen LogP contribution is 2.34. The Hall–Kier alpha value is -1.23. The first-order chi connectivity index (χ1) is 9.54. The third-order valence-corrected chi connectivity index (χ3v) is 4.35. The van der Waals surface area contributed by atoms with Crippen molar-refractivity contribution in [3.8, 4) is 0 Å². The monoisotopic (exact) mass is 388 g/mol. The lowest BCUT2D eigenvalue weighted by molar-refractivity contribution is 0.0288. The van der Waals surface area contributed by atoms with Crippen molar-refractivity contribution in [3.63, 3.8) is 0 Å². The van der Waals surface area contributed by atoms with E-state index in [0.717, 1.165) is 8.96 Å². The van der Waals surface area contributed by atoms with Crippen LogP contribution in [0.15, 0.2) is 24.2 Å². The fourth-order valence-corrected chi connectivity index (χ4v) is 3.32. The van der Waals surface area contributed by atoms with E-state index in [-0.39, 0.29) is 6.61 Å². The molecule has 0 aliphatic heterocycles. The molecule has 2 aromatic heterocycles. The number of nitrogens with two attached hydrogens (primary N) is 1. The molecule has 0 saturated carbocycles. The first-order valence-corrected chi connectivity index (χ1v) is 7.06. The molecule has 0 amide bonds. The van der Waals surface area contributed by atoms with Crippen LogP contribution in [0.1, 0.15) is 6.04 Å². The van der Waals surface area contributed by atoms with Gasteiger partial charge in [-0.15, -0.1) is 0 Å². The number of anilines is 1. The van der Waals surface area contributed by atoms with Crippen LogP contribution in [0.3, 0.4) is 0 Å². The molecule has 0 aromatic carbocycles. The van der Waals surface area contributed by atoms with E-state index in [9.17, 15) is 15.3 Å². The lowest BCUT2D eigenvalue weighted by Gasteiger charge is -2.19. The molecule has 0 radical (unpaired) electrons. The van der Waals surface area contributed by atoms with Crippen molar-refractivity contribution < 1.29 is 15.3 Å². The van der Waals surface area contributed by atoms with E-state index in [2.05, 4.69) is 32.6 Å². The average molecular weight is 388 g/mol. The van der Waals surface area contributed by atoms with Crippen LogP contribution < -0.4 is 5.73 Å². The van der Waals surface area contributed by atoms with Crippen LogP contribution in [0, 0.1) is 3.57 Å². The van der Waals surface area contributed by atoms with Gasteiger partial charge in [0.2, 0.25) is 0 Å². The van der Waals surface area contributed by atoms with Gasteiger partial charge in [0, 0.05) is 9.77 Å². The maximum Gasteiger partial charge on any atom is 0.147 e. The van der Waals surface area contributed by atoms with Crippen molar-refractivity contribution in [3.05, 3.63) is 27.7 Å². The van der Waals surface area contributed by atoms with Crippen molar-refractivity contribution in [2.75, 3.05) is 12.3 Å². The van der Waals surface area contributed by atoms with E-state index >= 15 is 0 Å². The van der Waals surface area contributed by atoms with E-state index in [1.807, 2.05) is 0 Å². The summed E-state index contributed by atoms with van der Waals surface area (Å²) in [6.07, 6.45) is 2.72. The lowest BCUT2D eigenvalue weighted by Crippen LogP contribution is -2.30. The number of nitrogens with zero attached hydrogens (tertiary/aromatic N) is 3. The zero-order valence-electron chi connectivity index (χ0n) is 10.3. The van der Waals surface area contributed by atoms with Gasteiger partial charge in [-0.3, -0.25) is 0 Å². The molecule has 5 N–H and O–H groups in total. The van der Waals surface area contributed by atoms with E-state index in [0.29, 0.717) is 17.0 Å². The molecule has 3 atom stereocenters. The molecule has 0 saturated heterocycles. The average Bonchev–Trinajstić information content (AvgIpc) is 2.90. The summed E-state index contributed by atoms with van der Waals surface area (Å²) < 4.78 is 2.61. The number of aliphatic hydroxyl groups is 3. The standard InChI is InChI=1S/C12H13IN4O3/c13-6-2-17(12-8(6)11(14)15-4-16-12)7-1-5(3-18)9(19)10(7)20/h1-2,4,7,9-10,18-20H,3H2,(H2,14,15,16)/t7-,9?,10-/m1/s1. The summed E-state index contributed by atoms with van der Waals surface area (Å²) in [6, 6.07) is -0.493. The summed E-state index contributed by atoms with van der Waals surface area (Å²) in [5.74, 6) is 0.373. The highest BCUT2D eigenvalue weighted by atomic mass is 127. The van der Waals surface area contributed by atoms with Crippen LogP contribution in [0.2, 0.25) is 0 Å². The molecule has 106 valence electrons. The predicted molar refractivity (Wildman–Crippen MR) is 80.9 cm³/mol. The summed E-state index contributed by atoms with van der Waals surface area (Å²) in [6.45, 7) is -0.290. The summed E-state index contributed by atoms with van der Waals surface area (Å²) in [7, 11) is 0. The number of hydrogen-bond acceptors (Lipinski definition) is 6. The third-order valence-electron chi connectivity index (χ3n) is 3.53. The van der Waals surface area contributed by atoms with E-state index in [1.165, 1.54) is 6.33 Å². The molecule has 2 aromatic rings. The highest BCUT2D eigenvalue weighted by Gasteiger charge is 2.36. The number of nitrogen functional groups attached to an aromatic ring is 1. The van der Waals surface area contributed by atoms with E-state index in [4.69, 9.17) is 5.73 Å². The van der Waals surface area contributed by atoms with Crippen LogP contribution in [0.25, 0.3) is 11.0 Å². The number of fused-ring (bicyclic) bond motifs is 1. The van der Waals surface area contributed by atoms with Crippen molar-refractivity contribution in [2.24, 2.45) is 0 Å². The topological polar surface area (TPSA) is 117 Å². The van der Waals surface area contributed by atoms with Crippen LogP contribution in [0.5, 0.6) is 0 Å². The van der Waals surface area contributed by atoms with Crippen LogP contribution in [-0.2, 0) is 0 Å². The van der Waals surface area contributed by atoms with Gasteiger partial charge in [0.15, 0.2) is 0 Å². The zero-order valence-corrected chi connectivity index (χ0v) is 12.5. The number of aliphatic hydroxyl groups excluding tert-OH is 3. The van der Waals surface area contributed by atoms with Gasteiger partial charge in [-0.1, -0.05) is 6.08 Å². The third kappa shape index (κ3) is 1.91. The molecule has 3 rings (SSSR count). The van der Waals surface area contributed by atoms with Crippen molar-refractivity contribution in [2.45, 2.75) is 18.2 Å². The molecule has 0 fully saturated rings. The van der Waals surface area contributed by atoms with Crippen molar-refractivity contribution in [1.82, 2.24) is 14.5 Å². The molecular formula is C12H13IN4O3. The zero-order chi connectivity index (χ0) is 14.4. The Kier molecular flexibility index (Phi) is 3.40. The highest BCUT2D eigenvalue weighted by molar-refractivity contribution is 14.1. The predicted octanol–water partition coefficient (Wildman–Crippen LogP) is -0.187. The SMILES string of the molecule is Nc1ncnc2c1c(I)cn2[C@@H]1C=C(CO)C(O)[C@@H]1O. The molecule has 0 spiro atoms. The maximum absolute atomic E-state index is 10.1. The molecule has 8 heteroatoms. The molecule has 1 aliphatic carbocycles. The largest absolute Gasteiger partial charge is 0.392 e. The second kappa shape index (κ2) is 4.95. The summed E-state index contributed by atoms with van der Waals surface area (Å²) in [4.78, 5) is 8.15. The van der Waals surface area contributed by atoms with Crippen LogP contribution in [0.4, 0.5) is 5.82 Å². The van der Waals surface area contributed by atoms with Gasteiger partial charge in [-0.05, 0) is 28.2 Å². The Bertz CT molecular complexity index is 699. The van der Waals surface area contributed by atoms with Gasteiger partial charge in [0.05, 0.1) is 18.0 Å². The van der Waals surface area contributed by atoms with Crippen molar-refractivity contribution >= 4 is 39.4 Å². The van der Waals surface area contributed by atoms with Crippen LogP contribution in [-0.4, -0.2) is 48.7 Å². The Labute approximate surface area is 127 Å². The second-order valence-corrected chi connectivity index (χ2v) is 5.83. The quantitative estimate of drug-likeness (QED) is 0.419. The minimum atomic E-state index is -1.07. The Morgan fingerprint density at radius 3 is 2.75 bits per heavy atom. The fraction of sp³-hybridized carbons (Fsp3) is 0.333. The summed E-state index contributed by atoms with van der Waals surface area (Å²) in [5, 5.41) is 29.9. The van der Waals surface area contributed by atoms with E-state index < -0.39 is 18.2 Å². The molecule has 20 heavy (non-hydrogen) atoms.